The van der Waals surface area contributed by atoms with Crippen molar-refractivity contribution in [3.05, 3.63) is 34.9 Å². The van der Waals surface area contributed by atoms with Crippen LogP contribution in [-0.2, 0) is 24.4 Å². The molecule has 1 aromatic rings. The van der Waals surface area contributed by atoms with Crippen molar-refractivity contribution >= 4 is 39.6 Å². The van der Waals surface area contributed by atoms with Crippen LogP contribution in [0.1, 0.15) is 70.5 Å². The number of carbonyl (C=O) groups excluding carboxylic acids is 3. The number of cyclic esters (lactones) is 1. The van der Waals surface area contributed by atoms with Gasteiger partial charge in [0.15, 0.2) is 0 Å². The third-order valence-corrected chi connectivity index (χ3v) is 7.08. The van der Waals surface area contributed by atoms with E-state index in [0.29, 0.717) is 36.4 Å². The maximum Gasteiger partial charge on any atom is 0.408 e. The summed E-state index contributed by atoms with van der Waals surface area (Å²) in [5.74, 6) is -1.23. The minimum Gasteiger partial charge on any atom is -0.441 e. The SMILES string of the molecule is CC(C)C[C@@H]1NC(=O)OC(c2cccc(Cl)c2)CCCCCNC(=O)CC[C@@H](C(O)S(=O)(=O)O)NC1=O. The Morgan fingerprint density at radius 1 is 1.11 bits per heavy atom. The molecule has 0 aliphatic carbocycles. The lowest BCUT2D eigenvalue weighted by Gasteiger charge is -2.27. The summed E-state index contributed by atoms with van der Waals surface area (Å²) in [5.41, 5.74) is -1.67. The Morgan fingerprint density at radius 3 is 2.49 bits per heavy atom. The molecule has 3 amide bonds. The van der Waals surface area contributed by atoms with E-state index in [1.165, 1.54) is 0 Å². The van der Waals surface area contributed by atoms with E-state index < -0.39 is 51.6 Å². The third kappa shape index (κ3) is 10.8. The molecule has 0 spiro atoms. The molecule has 1 aromatic carbocycles. The molecule has 37 heavy (non-hydrogen) atoms. The van der Waals surface area contributed by atoms with Crippen molar-refractivity contribution in [3.63, 3.8) is 0 Å². The van der Waals surface area contributed by atoms with Crippen LogP contribution in [0.15, 0.2) is 24.3 Å². The number of halogens is 1. The highest BCUT2D eigenvalue weighted by Crippen LogP contribution is 2.26. The van der Waals surface area contributed by atoms with E-state index in [1.54, 1.807) is 24.3 Å². The highest BCUT2D eigenvalue weighted by Gasteiger charge is 2.34. The molecule has 1 aliphatic heterocycles. The molecule has 1 fully saturated rings. The first-order valence-corrected chi connectivity index (χ1v) is 14.2. The Kier molecular flexibility index (Phi) is 12.1. The van der Waals surface area contributed by atoms with Gasteiger partial charge in [-0.15, -0.1) is 0 Å². The Labute approximate surface area is 222 Å². The van der Waals surface area contributed by atoms with Gasteiger partial charge in [-0.2, -0.15) is 8.42 Å². The minimum absolute atomic E-state index is 0.0513. The number of rotatable bonds is 5. The number of amides is 3. The lowest BCUT2D eigenvalue weighted by atomic mass is 10.0. The number of alkyl carbamates (subject to hydrolysis) is 1. The highest BCUT2D eigenvalue weighted by atomic mass is 35.5. The fourth-order valence-corrected chi connectivity index (χ4v) is 4.84. The molecule has 5 N–H and O–H groups in total. The van der Waals surface area contributed by atoms with Crippen molar-refractivity contribution in [2.45, 2.75) is 82.4 Å². The quantitative estimate of drug-likeness (QED) is 0.341. The fraction of sp³-hybridized carbons (Fsp3) is 0.625. The van der Waals surface area contributed by atoms with Crippen LogP contribution in [0.3, 0.4) is 0 Å². The molecular weight excluding hydrogens is 526 g/mol. The molecule has 4 atom stereocenters. The van der Waals surface area contributed by atoms with Gasteiger partial charge < -0.3 is 25.8 Å². The monoisotopic (exact) mass is 561 g/mol. The van der Waals surface area contributed by atoms with Crippen LogP contribution < -0.4 is 16.0 Å². The van der Waals surface area contributed by atoms with Gasteiger partial charge >= 0.3 is 6.09 Å². The number of hydrogen-bond donors (Lipinski definition) is 5. The van der Waals surface area contributed by atoms with Gasteiger partial charge in [-0.25, -0.2) is 4.79 Å². The molecule has 1 aliphatic rings. The van der Waals surface area contributed by atoms with E-state index in [1.807, 2.05) is 13.8 Å². The Balaban J connectivity index is 2.32. The van der Waals surface area contributed by atoms with Gasteiger partial charge in [0.25, 0.3) is 10.1 Å². The average molecular weight is 562 g/mol. The van der Waals surface area contributed by atoms with Gasteiger partial charge in [-0.05, 0) is 55.7 Å². The topological polar surface area (TPSA) is 171 Å². The van der Waals surface area contributed by atoms with Gasteiger partial charge in [0.2, 0.25) is 17.3 Å². The molecule has 2 unspecified atom stereocenters. The number of ether oxygens (including phenoxy) is 1. The van der Waals surface area contributed by atoms with E-state index in [9.17, 15) is 32.5 Å². The number of nitrogens with one attached hydrogen (secondary N) is 3. The first kappa shape index (κ1) is 30.8. The summed E-state index contributed by atoms with van der Waals surface area (Å²) in [5, 5.41) is 18.2. The van der Waals surface area contributed by atoms with Crippen molar-refractivity contribution in [1.82, 2.24) is 16.0 Å². The summed E-state index contributed by atoms with van der Waals surface area (Å²) in [4.78, 5) is 38.2. The molecule has 1 saturated heterocycles. The number of hydrogen-bond acceptors (Lipinski definition) is 7. The predicted octanol–water partition coefficient (Wildman–Crippen LogP) is 2.68. The molecule has 11 nitrogen and oxygen atoms in total. The van der Waals surface area contributed by atoms with Crippen molar-refractivity contribution in [2.24, 2.45) is 5.92 Å². The van der Waals surface area contributed by atoms with E-state index >= 15 is 0 Å². The average Bonchev–Trinajstić information content (AvgIpc) is 2.80. The van der Waals surface area contributed by atoms with E-state index in [4.69, 9.17) is 16.3 Å². The van der Waals surface area contributed by atoms with Crippen molar-refractivity contribution in [2.75, 3.05) is 6.54 Å². The largest absolute Gasteiger partial charge is 0.441 e. The second-order valence-corrected chi connectivity index (χ2v) is 11.5. The molecular formula is C24H36ClN3O8S. The summed E-state index contributed by atoms with van der Waals surface area (Å²) >= 11 is 6.12. The zero-order valence-corrected chi connectivity index (χ0v) is 22.6. The first-order valence-electron chi connectivity index (χ1n) is 12.3. The smallest absolute Gasteiger partial charge is 0.408 e. The molecule has 208 valence electrons. The minimum atomic E-state index is -4.94. The van der Waals surface area contributed by atoms with Crippen LogP contribution >= 0.6 is 11.6 Å². The van der Waals surface area contributed by atoms with Gasteiger partial charge in [0, 0.05) is 18.0 Å². The van der Waals surface area contributed by atoms with Crippen LogP contribution in [-0.4, -0.2) is 60.0 Å². The number of carbonyl (C=O) groups is 3. The molecule has 13 heteroatoms. The molecule has 0 aromatic heterocycles. The van der Waals surface area contributed by atoms with E-state index in [0.717, 1.165) is 6.42 Å². The van der Waals surface area contributed by atoms with Crippen molar-refractivity contribution < 1.29 is 37.2 Å². The maximum absolute atomic E-state index is 13.1. The summed E-state index contributed by atoms with van der Waals surface area (Å²) < 4.78 is 38.2. The fourth-order valence-electron chi connectivity index (χ4n) is 4.02. The molecule has 0 bridgehead atoms. The van der Waals surface area contributed by atoms with Crippen LogP contribution in [0.25, 0.3) is 0 Å². The van der Waals surface area contributed by atoms with Gasteiger partial charge in [-0.1, -0.05) is 44.0 Å². The van der Waals surface area contributed by atoms with Gasteiger partial charge in [-0.3, -0.25) is 14.1 Å². The first-order chi connectivity index (χ1) is 17.4. The molecule has 2 rings (SSSR count). The van der Waals surface area contributed by atoms with Gasteiger partial charge in [0.05, 0.1) is 6.04 Å². The van der Waals surface area contributed by atoms with Crippen LogP contribution in [0.4, 0.5) is 4.79 Å². The van der Waals surface area contributed by atoms with Crippen molar-refractivity contribution in [1.29, 1.82) is 0 Å². The summed E-state index contributed by atoms with van der Waals surface area (Å²) in [6.07, 6.45) is 0.821. The Bertz CT molecular complexity index is 1040. The number of aliphatic hydroxyl groups excluding tert-OH is 1. The lowest BCUT2D eigenvalue weighted by molar-refractivity contribution is -0.125. The third-order valence-electron chi connectivity index (χ3n) is 5.91. The summed E-state index contributed by atoms with van der Waals surface area (Å²) in [6, 6.07) is 4.30. The second kappa shape index (κ2) is 14.5. The van der Waals surface area contributed by atoms with E-state index in [2.05, 4.69) is 16.0 Å². The number of aliphatic hydroxyl groups is 1. The summed E-state index contributed by atoms with van der Waals surface area (Å²) in [6.45, 7) is 4.02. The zero-order chi connectivity index (χ0) is 27.6. The van der Waals surface area contributed by atoms with Crippen LogP contribution in [0.2, 0.25) is 5.02 Å². The highest BCUT2D eigenvalue weighted by molar-refractivity contribution is 7.86. The molecule has 0 radical (unpaired) electrons. The zero-order valence-electron chi connectivity index (χ0n) is 21.0. The second-order valence-electron chi connectivity index (χ2n) is 9.53. The number of benzene rings is 1. The normalized spacial score (nSPS) is 24.3. The Morgan fingerprint density at radius 2 is 1.84 bits per heavy atom. The molecule has 0 saturated carbocycles. The van der Waals surface area contributed by atoms with E-state index in [-0.39, 0.29) is 25.2 Å². The lowest BCUT2D eigenvalue weighted by Crippen LogP contribution is -2.54. The Hall–Kier alpha value is -2.41. The summed E-state index contributed by atoms with van der Waals surface area (Å²) in [7, 11) is -4.94. The maximum atomic E-state index is 13.1. The van der Waals surface area contributed by atoms with Crippen LogP contribution in [0, 0.1) is 5.92 Å². The standard InChI is InChI=1S/C24H36ClN3O8S/c1-15(2)13-19-22(30)27-18(23(31)37(33,34)35)10-11-21(29)26-12-5-3-4-9-20(36-24(32)28-19)16-7-6-8-17(25)14-16/h6-8,14-15,18-20,23,31H,3-5,9-13H2,1-2H3,(H,26,29)(H,27,30)(H,28,32)(H,33,34,35)/t18-,19-,20?,23?/m0/s1. The molecule has 1 heterocycles. The van der Waals surface area contributed by atoms with Crippen molar-refractivity contribution in [3.8, 4) is 0 Å². The predicted molar refractivity (Wildman–Crippen MR) is 137 cm³/mol. The van der Waals surface area contributed by atoms with Crippen LogP contribution in [0.5, 0.6) is 0 Å². The van der Waals surface area contributed by atoms with Gasteiger partial charge in [0.1, 0.15) is 12.1 Å².